The average Bonchev–Trinajstić information content (AvgIpc) is 3.50. The Bertz CT molecular complexity index is 838. The van der Waals surface area contributed by atoms with E-state index in [0.717, 1.165) is 32.1 Å². The predicted molar refractivity (Wildman–Crippen MR) is 103 cm³/mol. The number of amides is 1. The number of benzene rings is 1. The molecule has 2 aromatic rings. The Morgan fingerprint density at radius 1 is 1.04 bits per heavy atom. The van der Waals surface area contributed by atoms with E-state index in [2.05, 4.69) is 34.7 Å². The number of hydrogen-bond donors (Lipinski definition) is 1. The van der Waals surface area contributed by atoms with Gasteiger partial charge in [-0.25, -0.2) is 0 Å². The number of nitrogens with zero attached hydrogens (tertiary/aromatic N) is 2. The van der Waals surface area contributed by atoms with Crippen molar-refractivity contribution in [1.82, 2.24) is 15.5 Å². The van der Waals surface area contributed by atoms with Crippen molar-refractivity contribution in [2.45, 2.75) is 55.8 Å². The van der Waals surface area contributed by atoms with Crippen molar-refractivity contribution in [3.05, 3.63) is 47.6 Å². The molecule has 0 radical (unpaired) electrons. The van der Waals surface area contributed by atoms with Gasteiger partial charge in [-0.1, -0.05) is 48.3 Å². The number of rotatable bonds is 4. The average molecular weight is 381 g/mol. The van der Waals surface area contributed by atoms with Gasteiger partial charge < -0.3 is 14.6 Å². The molecule has 1 N–H and O–H groups in total. The molecule has 2 aliphatic heterocycles. The van der Waals surface area contributed by atoms with Gasteiger partial charge in [-0.15, -0.1) is 0 Å². The topological polar surface area (TPSA) is 77.2 Å². The van der Waals surface area contributed by atoms with Crippen LogP contribution in [-0.4, -0.2) is 35.8 Å². The molecule has 1 saturated carbocycles. The summed E-state index contributed by atoms with van der Waals surface area (Å²) in [5.41, 5.74) is 0.231. The van der Waals surface area contributed by atoms with Gasteiger partial charge in [0.1, 0.15) is 5.41 Å². The summed E-state index contributed by atoms with van der Waals surface area (Å²) in [6.45, 7) is 2.03. The Morgan fingerprint density at radius 2 is 1.79 bits per heavy atom. The molecule has 1 aromatic carbocycles. The zero-order chi connectivity index (χ0) is 19.0. The lowest BCUT2D eigenvalue weighted by atomic mass is 9.72. The van der Waals surface area contributed by atoms with E-state index in [-0.39, 0.29) is 11.3 Å². The molecular formula is C22H27N3O3. The minimum Gasteiger partial charge on any atom is -0.381 e. The number of aromatic nitrogens is 2. The highest BCUT2D eigenvalue weighted by atomic mass is 16.5. The van der Waals surface area contributed by atoms with Gasteiger partial charge in [-0.2, -0.15) is 4.98 Å². The molecule has 3 heterocycles. The third-order valence-corrected chi connectivity index (χ3v) is 7.17. The standard InChI is InChI=1S/C22H27N3O3/c26-19-22(10-13-23-19,17-8-4-5-9-17)20-24-18(25-28-20)21(11-14-27-15-12-21)16-6-2-1-3-7-16/h1-3,6-7,17H,4-5,8-15H2,(H,23,26). The molecule has 5 rings (SSSR count). The summed E-state index contributed by atoms with van der Waals surface area (Å²) < 4.78 is 11.5. The van der Waals surface area contributed by atoms with Crippen molar-refractivity contribution in [1.29, 1.82) is 0 Å². The molecule has 3 fully saturated rings. The van der Waals surface area contributed by atoms with Gasteiger partial charge in [-0.3, -0.25) is 4.79 Å². The molecule has 3 aliphatic rings. The number of nitrogens with one attached hydrogen (secondary N) is 1. The number of carbonyl (C=O) groups excluding carboxylic acids is 1. The smallest absolute Gasteiger partial charge is 0.242 e. The molecule has 1 aliphatic carbocycles. The summed E-state index contributed by atoms with van der Waals surface area (Å²) in [5, 5.41) is 7.49. The van der Waals surface area contributed by atoms with Gasteiger partial charge >= 0.3 is 0 Å². The Kier molecular flexibility index (Phi) is 4.46. The van der Waals surface area contributed by atoms with Gasteiger partial charge in [0, 0.05) is 19.8 Å². The van der Waals surface area contributed by atoms with Gasteiger partial charge in [0.05, 0.1) is 5.41 Å². The summed E-state index contributed by atoms with van der Waals surface area (Å²) >= 11 is 0. The van der Waals surface area contributed by atoms with E-state index in [1.807, 2.05) is 6.07 Å². The van der Waals surface area contributed by atoms with Crippen LogP contribution in [0.15, 0.2) is 34.9 Å². The second kappa shape index (κ2) is 6.99. The fraction of sp³-hybridized carbons (Fsp3) is 0.591. The van der Waals surface area contributed by atoms with Crippen LogP contribution in [0.25, 0.3) is 0 Å². The minimum atomic E-state index is -0.648. The number of hydrogen-bond acceptors (Lipinski definition) is 5. The van der Waals surface area contributed by atoms with E-state index < -0.39 is 5.41 Å². The van der Waals surface area contributed by atoms with Crippen LogP contribution in [0.1, 0.15) is 62.2 Å². The first-order valence-corrected chi connectivity index (χ1v) is 10.5. The summed E-state index contributed by atoms with van der Waals surface area (Å²) in [6.07, 6.45) is 6.85. The zero-order valence-electron chi connectivity index (χ0n) is 16.2. The lowest BCUT2D eigenvalue weighted by molar-refractivity contribution is -0.126. The third-order valence-electron chi connectivity index (χ3n) is 7.17. The third kappa shape index (κ3) is 2.61. The normalized spacial score (nSPS) is 27.8. The monoisotopic (exact) mass is 381 g/mol. The molecule has 1 atom stereocenters. The second-order valence-corrected chi connectivity index (χ2v) is 8.44. The molecule has 2 saturated heterocycles. The highest BCUT2D eigenvalue weighted by Gasteiger charge is 2.55. The van der Waals surface area contributed by atoms with E-state index in [4.69, 9.17) is 14.2 Å². The minimum absolute atomic E-state index is 0.0651. The van der Waals surface area contributed by atoms with E-state index in [1.54, 1.807) is 0 Å². The summed E-state index contributed by atoms with van der Waals surface area (Å²) in [7, 11) is 0. The van der Waals surface area contributed by atoms with Crippen LogP contribution >= 0.6 is 0 Å². The molecule has 28 heavy (non-hydrogen) atoms. The molecule has 1 unspecified atom stereocenters. The fourth-order valence-corrected chi connectivity index (χ4v) is 5.55. The van der Waals surface area contributed by atoms with E-state index in [1.165, 1.54) is 18.4 Å². The summed E-state index contributed by atoms with van der Waals surface area (Å²) in [6, 6.07) is 10.4. The van der Waals surface area contributed by atoms with Gasteiger partial charge in [0.25, 0.3) is 0 Å². The summed E-state index contributed by atoms with van der Waals surface area (Å²) in [4.78, 5) is 17.9. The van der Waals surface area contributed by atoms with Crippen LogP contribution in [0, 0.1) is 5.92 Å². The largest absolute Gasteiger partial charge is 0.381 e. The maximum absolute atomic E-state index is 13.0. The van der Waals surface area contributed by atoms with Crippen LogP contribution in [0.4, 0.5) is 0 Å². The number of carbonyl (C=O) groups is 1. The van der Waals surface area contributed by atoms with Crippen LogP contribution in [0.2, 0.25) is 0 Å². The molecule has 1 amide bonds. The first-order valence-electron chi connectivity index (χ1n) is 10.5. The van der Waals surface area contributed by atoms with Crippen LogP contribution in [0.3, 0.4) is 0 Å². The van der Waals surface area contributed by atoms with E-state index in [9.17, 15) is 4.79 Å². The molecule has 0 spiro atoms. The Labute approximate surface area is 165 Å². The predicted octanol–water partition coefficient (Wildman–Crippen LogP) is 3.11. The highest BCUT2D eigenvalue weighted by Crippen LogP contribution is 2.47. The maximum atomic E-state index is 13.0. The second-order valence-electron chi connectivity index (χ2n) is 8.44. The van der Waals surface area contributed by atoms with Crippen LogP contribution in [0.5, 0.6) is 0 Å². The lowest BCUT2D eigenvalue weighted by Crippen LogP contribution is -2.42. The van der Waals surface area contributed by atoms with E-state index >= 15 is 0 Å². The summed E-state index contributed by atoms with van der Waals surface area (Å²) in [5.74, 6) is 1.58. The van der Waals surface area contributed by atoms with E-state index in [0.29, 0.717) is 37.4 Å². The van der Waals surface area contributed by atoms with Gasteiger partial charge in [0.15, 0.2) is 5.82 Å². The zero-order valence-corrected chi connectivity index (χ0v) is 16.2. The van der Waals surface area contributed by atoms with Crippen molar-refractivity contribution in [2.75, 3.05) is 19.8 Å². The van der Waals surface area contributed by atoms with Crippen molar-refractivity contribution in [3.63, 3.8) is 0 Å². The highest BCUT2D eigenvalue weighted by molar-refractivity contribution is 5.89. The fourth-order valence-electron chi connectivity index (χ4n) is 5.55. The van der Waals surface area contributed by atoms with Gasteiger partial charge in [-0.05, 0) is 43.6 Å². The van der Waals surface area contributed by atoms with Crippen molar-refractivity contribution in [2.24, 2.45) is 5.92 Å². The van der Waals surface area contributed by atoms with Crippen LogP contribution in [-0.2, 0) is 20.4 Å². The molecule has 148 valence electrons. The quantitative estimate of drug-likeness (QED) is 0.880. The first kappa shape index (κ1) is 17.9. The molecular weight excluding hydrogens is 354 g/mol. The molecule has 1 aromatic heterocycles. The Balaban J connectivity index is 1.58. The Hall–Kier alpha value is -2.21. The Morgan fingerprint density at radius 3 is 2.46 bits per heavy atom. The molecule has 6 nitrogen and oxygen atoms in total. The van der Waals surface area contributed by atoms with Crippen molar-refractivity contribution in [3.8, 4) is 0 Å². The number of ether oxygens (including phenoxy) is 1. The SMILES string of the molecule is O=C1NCCC1(c1nc(C2(c3ccccc3)CCOCC2)no1)C1CCCC1. The van der Waals surface area contributed by atoms with Gasteiger partial charge in [0.2, 0.25) is 11.8 Å². The maximum Gasteiger partial charge on any atom is 0.242 e. The lowest BCUT2D eigenvalue weighted by Gasteiger charge is -2.35. The molecule has 6 heteroatoms. The van der Waals surface area contributed by atoms with Crippen LogP contribution < -0.4 is 5.32 Å². The first-order chi connectivity index (χ1) is 13.8. The van der Waals surface area contributed by atoms with Crippen molar-refractivity contribution >= 4 is 5.91 Å². The van der Waals surface area contributed by atoms with Crippen molar-refractivity contribution < 1.29 is 14.1 Å². The molecule has 0 bridgehead atoms.